The number of amides is 2. The molecule has 1 aliphatic heterocycles. The summed E-state index contributed by atoms with van der Waals surface area (Å²) in [6.07, 6.45) is 5.23. The van der Waals surface area contributed by atoms with Crippen LogP contribution in [0.2, 0.25) is 0 Å². The van der Waals surface area contributed by atoms with E-state index in [9.17, 15) is 9.18 Å². The Kier molecular flexibility index (Phi) is 5.20. The fraction of sp³-hybridized carbons (Fsp3) is 0.353. The van der Waals surface area contributed by atoms with Crippen molar-refractivity contribution in [3.63, 3.8) is 0 Å². The molecule has 1 saturated heterocycles. The molecule has 3 rings (SSSR count). The highest BCUT2D eigenvalue weighted by molar-refractivity contribution is 5.88. The van der Waals surface area contributed by atoms with Gasteiger partial charge in [0.1, 0.15) is 5.82 Å². The first-order chi connectivity index (χ1) is 11.7. The third-order valence-electron chi connectivity index (χ3n) is 4.03. The van der Waals surface area contributed by atoms with Crippen molar-refractivity contribution in [3.8, 4) is 0 Å². The third-order valence-corrected chi connectivity index (χ3v) is 4.03. The minimum absolute atomic E-state index is 0.307. The molecule has 2 aromatic heterocycles. The zero-order chi connectivity index (χ0) is 16.8. The summed E-state index contributed by atoms with van der Waals surface area (Å²) in [5.41, 5.74) is 0.465. The van der Waals surface area contributed by atoms with Gasteiger partial charge >= 0.3 is 6.03 Å². The van der Waals surface area contributed by atoms with Crippen LogP contribution >= 0.6 is 0 Å². The number of piperidine rings is 1. The highest BCUT2D eigenvalue weighted by Gasteiger charge is 2.21. The number of carbonyl (C=O) groups is 1. The van der Waals surface area contributed by atoms with E-state index in [1.807, 2.05) is 18.2 Å². The number of rotatable bonds is 4. The molecule has 3 heterocycles. The fourth-order valence-electron chi connectivity index (χ4n) is 2.84. The molecule has 2 amide bonds. The van der Waals surface area contributed by atoms with Crippen molar-refractivity contribution in [2.24, 2.45) is 5.92 Å². The van der Waals surface area contributed by atoms with Crippen LogP contribution in [-0.2, 0) is 0 Å². The fourth-order valence-corrected chi connectivity index (χ4v) is 2.84. The summed E-state index contributed by atoms with van der Waals surface area (Å²) in [6, 6.07) is 8.27. The molecule has 7 heteroatoms. The highest BCUT2D eigenvalue weighted by Crippen LogP contribution is 2.20. The molecule has 0 aliphatic carbocycles. The number of hydrogen-bond donors (Lipinski definition) is 2. The molecule has 24 heavy (non-hydrogen) atoms. The Morgan fingerprint density at radius 3 is 2.96 bits per heavy atom. The van der Waals surface area contributed by atoms with E-state index in [4.69, 9.17) is 0 Å². The normalized spacial score (nSPS) is 17.4. The smallest absolute Gasteiger partial charge is 0.319 e. The maximum absolute atomic E-state index is 12.7. The number of carbonyl (C=O) groups excluding carboxylic acids is 1. The minimum Gasteiger partial charge on any atom is -0.356 e. The average Bonchev–Trinajstić information content (AvgIpc) is 2.63. The van der Waals surface area contributed by atoms with Crippen molar-refractivity contribution in [2.75, 3.05) is 29.9 Å². The van der Waals surface area contributed by atoms with Crippen LogP contribution in [0, 0.1) is 11.9 Å². The van der Waals surface area contributed by atoms with E-state index in [2.05, 4.69) is 25.5 Å². The minimum atomic E-state index is -0.572. The number of aromatic nitrogens is 2. The topological polar surface area (TPSA) is 70.2 Å². The van der Waals surface area contributed by atoms with Crippen molar-refractivity contribution in [1.29, 1.82) is 0 Å². The predicted octanol–water partition coefficient (Wildman–Crippen LogP) is 2.65. The first-order valence-corrected chi connectivity index (χ1v) is 8.03. The molecule has 6 nitrogen and oxygen atoms in total. The van der Waals surface area contributed by atoms with E-state index in [1.54, 1.807) is 6.20 Å². The van der Waals surface area contributed by atoms with Crippen molar-refractivity contribution in [2.45, 2.75) is 12.8 Å². The van der Waals surface area contributed by atoms with Crippen LogP contribution in [0.3, 0.4) is 0 Å². The molecule has 1 atom stereocenters. The third kappa shape index (κ3) is 4.41. The summed E-state index contributed by atoms with van der Waals surface area (Å²) in [5, 5.41) is 5.52. The highest BCUT2D eigenvalue weighted by atomic mass is 19.1. The summed E-state index contributed by atoms with van der Waals surface area (Å²) in [6.45, 7) is 2.44. The van der Waals surface area contributed by atoms with Gasteiger partial charge in [0.15, 0.2) is 0 Å². The van der Waals surface area contributed by atoms with Crippen LogP contribution in [0.5, 0.6) is 0 Å². The van der Waals surface area contributed by atoms with Gasteiger partial charge in [-0.25, -0.2) is 14.8 Å². The number of halogens is 1. The first-order valence-electron chi connectivity index (χ1n) is 8.03. The quantitative estimate of drug-likeness (QED) is 0.846. The van der Waals surface area contributed by atoms with Crippen LogP contribution < -0.4 is 15.5 Å². The van der Waals surface area contributed by atoms with Crippen molar-refractivity contribution < 1.29 is 9.18 Å². The Labute approximate surface area is 140 Å². The van der Waals surface area contributed by atoms with Gasteiger partial charge in [-0.2, -0.15) is 4.39 Å². The lowest BCUT2D eigenvalue weighted by atomic mass is 9.98. The number of anilines is 2. The zero-order valence-electron chi connectivity index (χ0n) is 13.3. The second-order valence-electron chi connectivity index (χ2n) is 5.85. The van der Waals surface area contributed by atoms with E-state index in [1.165, 1.54) is 18.3 Å². The second kappa shape index (κ2) is 7.72. The average molecular weight is 329 g/mol. The SMILES string of the molecule is O=C(NC[C@@H]1CCCN(c2ccccn2)C1)Nc1ccc(F)nc1. The van der Waals surface area contributed by atoms with Gasteiger partial charge in [0.2, 0.25) is 5.95 Å². The molecule has 2 N–H and O–H groups in total. The lowest BCUT2D eigenvalue weighted by Crippen LogP contribution is -2.42. The molecule has 0 spiro atoms. The Morgan fingerprint density at radius 1 is 1.29 bits per heavy atom. The summed E-state index contributed by atoms with van der Waals surface area (Å²) >= 11 is 0. The van der Waals surface area contributed by atoms with E-state index >= 15 is 0 Å². The number of nitrogens with zero attached hydrogens (tertiary/aromatic N) is 3. The van der Waals surface area contributed by atoms with Crippen LogP contribution in [0.1, 0.15) is 12.8 Å². The zero-order valence-corrected chi connectivity index (χ0v) is 13.3. The molecule has 0 saturated carbocycles. The van der Waals surface area contributed by atoms with E-state index in [-0.39, 0.29) is 6.03 Å². The molecular formula is C17H20FN5O. The van der Waals surface area contributed by atoms with Gasteiger partial charge in [-0.3, -0.25) is 0 Å². The summed E-state index contributed by atoms with van der Waals surface area (Å²) in [5.74, 6) is 0.777. The molecule has 0 bridgehead atoms. The van der Waals surface area contributed by atoms with E-state index in [0.717, 1.165) is 31.7 Å². The summed E-state index contributed by atoms with van der Waals surface area (Å²) in [7, 11) is 0. The van der Waals surface area contributed by atoms with E-state index in [0.29, 0.717) is 18.2 Å². The van der Waals surface area contributed by atoms with Gasteiger partial charge in [0.25, 0.3) is 0 Å². The predicted molar refractivity (Wildman–Crippen MR) is 90.4 cm³/mol. The van der Waals surface area contributed by atoms with Crippen LogP contribution in [-0.4, -0.2) is 35.6 Å². The van der Waals surface area contributed by atoms with Crippen LogP contribution in [0.4, 0.5) is 20.7 Å². The maximum atomic E-state index is 12.7. The Bertz CT molecular complexity index is 664. The monoisotopic (exact) mass is 329 g/mol. The Balaban J connectivity index is 1.47. The molecule has 2 aromatic rings. The van der Waals surface area contributed by atoms with Gasteiger partial charge in [-0.05, 0) is 43.0 Å². The van der Waals surface area contributed by atoms with Gasteiger partial charge in [0.05, 0.1) is 11.9 Å². The van der Waals surface area contributed by atoms with Crippen LogP contribution in [0.25, 0.3) is 0 Å². The van der Waals surface area contributed by atoms with Crippen molar-refractivity contribution >= 4 is 17.5 Å². The molecule has 0 unspecified atom stereocenters. The van der Waals surface area contributed by atoms with Gasteiger partial charge in [-0.15, -0.1) is 0 Å². The molecule has 126 valence electrons. The van der Waals surface area contributed by atoms with Gasteiger partial charge in [0, 0.05) is 25.8 Å². The van der Waals surface area contributed by atoms with Crippen molar-refractivity contribution in [1.82, 2.24) is 15.3 Å². The summed E-state index contributed by atoms with van der Waals surface area (Å²) < 4.78 is 12.7. The second-order valence-corrected chi connectivity index (χ2v) is 5.85. The lowest BCUT2D eigenvalue weighted by molar-refractivity contribution is 0.249. The van der Waals surface area contributed by atoms with Crippen molar-refractivity contribution in [3.05, 3.63) is 48.7 Å². The molecule has 0 aromatic carbocycles. The molecular weight excluding hydrogens is 309 g/mol. The maximum Gasteiger partial charge on any atom is 0.319 e. The van der Waals surface area contributed by atoms with E-state index < -0.39 is 5.95 Å². The summed E-state index contributed by atoms with van der Waals surface area (Å²) in [4.78, 5) is 22.1. The van der Waals surface area contributed by atoms with Crippen LogP contribution in [0.15, 0.2) is 42.7 Å². The first kappa shape index (κ1) is 16.2. The Morgan fingerprint density at radius 2 is 2.21 bits per heavy atom. The molecule has 0 radical (unpaired) electrons. The van der Waals surface area contributed by atoms with Gasteiger partial charge in [-0.1, -0.05) is 6.07 Å². The largest absolute Gasteiger partial charge is 0.356 e. The number of nitrogens with one attached hydrogen (secondary N) is 2. The molecule has 1 aliphatic rings. The standard InChI is InChI=1S/C17H20FN5O/c18-15-7-6-14(11-20-15)22-17(24)21-10-13-4-3-9-23(12-13)16-5-1-2-8-19-16/h1-2,5-8,11,13H,3-4,9-10,12H2,(H2,21,22,24)/t13-/m0/s1. The lowest BCUT2D eigenvalue weighted by Gasteiger charge is -2.33. The number of pyridine rings is 2. The number of urea groups is 1. The molecule has 1 fully saturated rings. The number of hydrogen-bond acceptors (Lipinski definition) is 4. The van der Waals surface area contributed by atoms with Gasteiger partial charge < -0.3 is 15.5 Å². The Hall–Kier alpha value is -2.70.